The lowest BCUT2D eigenvalue weighted by molar-refractivity contribution is -0.141. The zero-order chi connectivity index (χ0) is 22.4. The molecule has 3 aromatic rings. The van der Waals surface area contributed by atoms with Crippen molar-refractivity contribution in [3.05, 3.63) is 66.5 Å². The number of Topliss-reactive ketones (excluding diaryl/α,β-unsaturated/α-hetero) is 1. The molecule has 0 bridgehead atoms. The number of ketones is 1. The van der Waals surface area contributed by atoms with Crippen molar-refractivity contribution in [3.8, 4) is 0 Å². The Labute approximate surface area is 185 Å². The molecule has 0 aliphatic rings. The molecule has 3 rings (SSSR count). The number of H-pyrrole nitrogens is 1. The van der Waals surface area contributed by atoms with Gasteiger partial charge < -0.3 is 9.54 Å². The molecule has 1 N–H and O–H groups in total. The second-order valence-corrected chi connectivity index (χ2v) is 9.07. The number of hydrogen-bond donors (Lipinski definition) is 1. The van der Waals surface area contributed by atoms with Gasteiger partial charge in [-0.1, -0.05) is 17.7 Å². The molecule has 1 unspecified atom stereocenters. The van der Waals surface area contributed by atoms with E-state index >= 15 is 0 Å². The monoisotopic (exact) mass is 520 g/mol. The van der Waals surface area contributed by atoms with Gasteiger partial charge in [-0.15, -0.1) is 0 Å². The first-order valence-electron chi connectivity index (χ1n) is 8.38. The standard InChI is InChI=1S/C19H13BrClF3N2O3S/c1-8-10(3-6-13(25-8)19(22,23)24)7-30(29)18-14(9(2)27)17(28)15-12(21)5-4-11(20)16(15)26-18/h3-6H,7H2,1-2H3,(H,26,28). The Balaban J connectivity index is 2.12. The van der Waals surface area contributed by atoms with Crippen molar-refractivity contribution in [2.45, 2.75) is 30.8 Å². The molecule has 0 spiro atoms. The summed E-state index contributed by atoms with van der Waals surface area (Å²) in [5.41, 5.74) is -1.43. The number of benzene rings is 1. The second-order valence-electron chi connectivity index (χ2n) is 6.42. The van der Waals surface area contributed by atoms with Crippen LogP contribution in [0.5, 0.6) is 0 Å². The molecule has 1 atom stereocenters. The summed E-state index contributed by atoms with van der Waals surface area (Å²) in [7, 11) is 0. The summed E-state index contributed by atoms with van der Waals surface area (Å²) < 4.78 is 52.0. The Morgan fingerprint density at radius 2 is 1.97 bits per heavy atom. The van der Waals surface area contributed by atoms with Gasteiger partial charge in [0.2, 0.25) is 10.5 Å². The van der Waals surface area contributed by atoms with Crippen LogP contribution in [0.2, 0.25) is 5.02 Å². The first-order valence-corrected chi connectivity index (χ1v) is 10.9. The maximum atomic E-state index is 13.1. The lowest BCUT2D eigenvalue weighted by atomic mass is 10.1. The number of halogens is 5. The molecular weight excluding hydrogens is 509 g/mol. The SMILES string of the molecule is CC(=O)c1c([S+]([O-])Cc2ccc(C(F)(F)F)nc2C)[nH]c2c(Br)ccc(Cl)c2c1=O. The Morgan fingerprint density at radius 1 is 1.30 bits per heavy atom. The quantitative estimate of drug-likeness (QED) is 0.379. The number of hydrogen-bond acceptors (Lipinski definition) is 4. The lowest BCUT2D eigenvalue weighted by Crippen LogP contribution is -2.23. The Morgan fingerprint density at radius 3 is 2.53 bits per heavy atom. The number of rotatable bonds is 4. The number of carbonyl (C=O) groups is 1. The summed E-state index contributed by atoms with van der Waals surface area (Å²) in [6, 6.07) is 5.05. The maximum absolute atomic E-state index is 13.1. The number of alkyl halides is 3. The van der Waals surface area contributed by atoms with Crippen LogP contribution in [0.15, 0.2) is 38.6 Å². The van der Waals surface area contributed by atoms with Crippen molar-refractivity contribution < 1.29 is 22.5 Å². The third-order valence-corrected chi connectivity index (χ3v) is 6.69. The van der Waals surface area contributed by atoms with Crippen LogP contribution in [-0.2, 0) is 23.1 Å². The molecular formula is C19H13BrClF3N2O3S. The fourth-order valence-electron chi connectivity index (χ4n) is 2.90. The Bertz CT molecular complexity index is 1230. The van der Waals surface area contributed by atoms with Crippen LogP contribution in [0.1, 0.15) is 34.2 Å². The Kier molecular flexibility index (Phi) is 6.33. The van der Waals surface area contributed by atoms with Crippen LogP contribution in [-0.4, -0.2) is 20.3 Å². The molecule has 0 saturated carbocycles. The lowest BCUT2D eigenvalue weighted by Gasteiger charge is -2.16. The van der Waals surface area contributed by atoms with Crippen molar-refractivity contribution >= 4 is 55.4 Å². The highest BCUT2D eigenvalue weighted by Gasteiger charge is 2.33. The first-order chi connectivity index (χ1) is 13.9. The number of nitrogens with zero attached hydrogens (tertiary/aromatic N) is 1. The van der Waals surface area contributed by atoms with Gasteiger partial charge in [-0.25, -0.2) is 4.98 Å². The van der Waals surface area contributed by atoms with E-state index in [1.807, 2.05) is 0 Å². The fraction of sp³-hybridized carbons (Fsp3) is 0.211. The molecule has 5 nitrogen and oxygen atoms in total. The summed E-state index contributed by atoms with van der Waals surface area (Å²) in [4.78, 5) is 31.5. The van der Waals surface area contributed by atoms with Crippen LogP contribution >= 0.6 is 27.5 Å². The third-order valence-electron chi connectivity index (χ3n) is 4.38. The number of fused-ring (bicyclic) bond motifs is 1. The van der Waals surface area contributed by atoms with Gasteiger partial charge in [-0.3, -0.25) is 9.59 Å². The number of nitrogens with one attached hydrogen (secondary N) is 1. The Hall–Kier alpha value is -1.88. The molecule has 0 radical (unpaired) electrons. The molecule has 11 heteroatoms. The predicted molar refractivity (Wildman–Crippen MR) is 111 cm³/mol. The van der Waals surface area contributed by atoms with Crippen molar-refractivity contribution in [1.29, 1.82) is 0 Å². The molecule has 0 aliphatic carbocycles. The molecule has 0 aliphatic heterocycles. The van der Waals surface area contributed by atoms with Gasteiger partial charge in [-0.2, -0.15) is 13.2 Å². The third kappa shape index (κ3) is 4.27. The van der Waals surface area contributed by atoms with Crippen LogP contribution in [0.3, 0.4) is 0 Å². The number of pyridine rings is 2. The summed E-state index contributed by atoms with van der Waals surface area (Å²) in [6.45, 7) is 2.53. The smallest absolute Gasteiger partial charge is 0.433 e. The highest BCUT2D eigenvalue weighted by atomic mass is 79.9. The van der Waals surface area contributed by atoms with Crippen molar-refractivity contribution in [2.24, 2.45) is 0 Å². The number of aromatic nitrogens is 2. The molecule has 0 saturated heterocycles. The van der Waals surface area contributed by atoms with Gasteiger partial charge in [0.05, 0.1) is 15.9 Å². The normalized spacial score (nSPS) is 12.9. The van der Waals surface area contributed by atoms with Crippen molar-refractivity contribution in [1.82, 2.24) is 9.97 Å². The zero-order valence-corrected chi connectivity index (χ0v) is 18.6. The minimum Gasteiger partial charge on any atom is -0.610 e. The van der Waals surface area contributed by atoms with E-state index < -0.39 is 34.3 Å². The topological polar surface area (TPSA) is 85.9 Å². The number of aromatic amines is 1. The number of carbonyl (C=O) groups excluding carboxylic acids is 1. The average molecular weight is 522 g/mol. The van der Waals surface area contributed by atoms with E-state index in [1.54, 1.807) is 6.07 Å². The highest BCUT2D eigenvalue weighted by Crippen LogP contribution is 2.31. The van der Waals surface area contributed by atoms with Crippen LogP contribution in [0, 0.1) is 6.92 Å². The fourth-order valence-corrected chi connectivity index (χ4v) is 4.99. The molecule has 30 heavy (non-hydrogen) atoms. The largest absolute Gasteiger partial charge is 0.610 e. The van der Waals surface area contributed by atoms with Gasteiger partial charge in [-0.05, 0) is 48.0 Å². The summed E-state index contributed by atoms with van der Waals surface area (Å²) >= 11 is 7.46. The summed E-state index contributed by atoms with van der Waals surface area (Å²) in [5, 5.41) is 0.0729. The van der Waals surface area contributed by atoms with Gasteiger partial charge in [0.15, 0.2) is 5.78 Å². The van der Waals surface area contributed by atoms with Crippen LogP contribution < -0.4 is 5.43 Å². The van der Waals surface area contributed by atoms with E-state index in [1.165, 1.54) is 19.1 Å². The van der Waals surface area contributed by atoms with E-state index in [-0.39, 0.29) is 38.0 Å². The molecule has 2 aromatic heterocycles. The van der Waals surface area contributed by atoms with Crippen LogP contribution in [0.4, 0.5) is 13.2 Å². The average Bonchev–Trinajstić information content (AvgIpc) is 2.64. The van der Waals surface area contributed by atoms with Gasteiger partial charge in [0.25, 0.3) is 0 Å². The molecule has 0 amide bonds. The first kappa shape index (κ1) is 22.8. The molecule has 1 aromatic carbocycles. The summed E-state index contributed by atoms with van der Waals surface area (Å²) in [5.74, 6) is -0.850. The minimum absolute atomic E-state index is 0.0508. The van der Waals surface area contributed by atoms with Gasteiger partial charge in [0, 0.05) is 26.9 Å². The molecule has 158 valence electrons. The van der Waals surface area contributed by atoms with Crippen molar-refractivity contribution in [2.75, 3.05) is 0 Å². The molecule has 2 heterocycles. The second kappa shape index (κ2) is 8.33. The zero-order valence-electron chi connectivity index (χ0n) is 15.5. The van der Waals surface area contributed by atoms with Gasteiger partial charge in [0.1, 0.15) is 17.0 Å². The van der Waals surface area contributed by atoms with Gasteiger partial charge >= 0.3 is 6.18 Å². The minimum atomic E-state index is -4.60. The molecule has 0 fully saturated rings. The van der Waals surface area contributed by atoms with E-state index in [4.69, 9.17) is 11.6 Å². The van der Waals surface area contributed by atoms with E-state index in [0.29, 0.717) is 10.0 Å². The number of aryl methyl sites for hydroxylation is 1. The van der Waals surface area contributed by atoms with Crippen LogP contribution in [0.25, 0.3) is 10.9 Å². The predicted octanol–water partition coefficient (Wildman–Crippen LogP) is 5.18. The van der Waals surface area contributed by atoms with E-state index in [2.05, 4.69) is 25.9 Å². The van der Waals surface area contributed by atoms with E-state index in [9.17, 15) is 27.3 Å². The highest BCUT2D eigenvalue weighted by molar-refractivity contribution is 9.10. The van der Waals surface area contributed by atoms with E-state index in [0.717, 1.165) is 13.0 Å². The maximum Gasteiger partial charge on any atom is 0.433 e. The summed E-state index contributed by atoms with van der Waals surface area (Å²) in [6.07, 6.45) is -4.60. The van der Waals surface area contributed by atoms with Crippen molar-refractivity contribution in [3.63, 3.8) is 0 Å².